The van der Waals surface area contributed by atoms with Crippen molar-refractivity contribution < 1.29 is 23.5 Å². The first kappa shape index (κ1) is 21.0. The summed E-state index contributed by atoms with van der Waals surface area (Å²) in [6.45, 7) is 0.789. The van der Waals surface area contributed by atoms with Gasteiger partial charge in [0.25, 0.3) is 5.91 Å². The van der Waals surface area contributed by atoms with Gasteiger partial charge in [0.2, 0.25) is 0 Å². The van der Waals surface area contributed by atoms with E-state index < -0.39 is 24.6 Å². The standard InChI is InChI=1S/C24H22FNO4/c1-17-7-9-19(10-8-17)29-20-11-13-21(14-12-20)30-24(28)22(26-23(27)16-25)15-18-5-3-2-4-6-18/h2-14,22H,15-16H2,1H3,(H,26,27)/t22-/m1/s1. The molecule has 30 heavy (non-hydrogen) atoms. The van der Waals surface area contributed by atoms with Gasteiger partial charge in [-0.05, 0) is 48.9 Å². The number of ether oxygens (including phenoxy) is 2. The molecule has 0 radical (unpaired) electrons. The SMILES string of the molecule is Cc1ccc(Oc2ccc(OC(=O)[C@@H](Cc3ccccc3)NC(=O)CF)cc2)cc1. The van der Waals surface area contributed by atoms with Gasteiger partial charge in [-0.25, -0.2) is 9.18 Å². The lowest BCUT2D eigenvalue weighted by molar-refractivity contribution is -0.139. The van der Waals surface area contributed by atoms with Crippen LogP contribution in [0, 0.1) is 6.92 Å². The molecule has 0 aliphatic rings. The van der Waals surface area contributed by atoms with E-state index in [1.165, 1.54) is 0 Å². The van der Waals surface area contributed by atoms with Crippen molar-refractivity contribution in [1.82, 2.24) is 5.32 Å². The molecule has 1 atom stereocenters. The van der Waals surface area contributed by atoms with Crippen LogP contribution in [0.25, 0.3) is 0 Å². The van der Waals surface area contributed by atoms with Crippen molar-refractivity contribution in [2.45, 2.75) is 19.4 Å². The minimum absolute atomic E-state index is 0.194. The first-order valence-corrected chi connectivity index (χ1v) is 9.49. The highest BCUT2D eigenvalue weighted by Gasteiger charge is 2.23. The molecule has 0 fully saturated rings. The van der Waals surface area contributed by atoms with E-state index in [9.17, 15) is 14.0 Å². The molecule has 5 nitrogen and oxygen atoms in total. The van der Waals surface area contributed by atoms with Crippen molar-refractivity contribution in [2.75, 3.05) is 6.67 Å². The summed E-state index contributed by atoms with van der Waals surface area (Å²) in [6, 6.07) is 22.3. The second-order valence-electron chi connectivity index (χ2n) is 6.75. The van der Waals surface area contributed by atoms with Gasteiger partial charge in [0.1, 0.15) is 23.3 Å². The van der Waals surface area contributed by atoms with Crippen molar-refractivity contribution in [3.05, 3.63) is 90.0 Å². The number of nitrogens with one attached hydrogen (secondary N) is 1. The topological polar surface area (TPSA) is 64.6 Å². The lowest BCUT2D eigenvalue weighted by atomic mass is 10.1. The third-order valence-corrected chi connectivity index (χ3v) is 4.32. The van der Waals surface area contributed by atoms with Crippen LogP contribution in [-0.4, -0.2) is 24.6 Å². The fourth-order valence-electron chi connectivity index (χ4n) is 2.78. The Hall–Kier alpha value is -3.67. The second-order valence-corrected chi connectivity index (χ2v) is 6.75. The Morgan fingerprint density at radius 2 is 1.43 bits per heavy atom. The van der Waals surface area contributed by atoms with E-state index in [2.05, 4.69) is 5.32 Å². The summed E-state index contributed by atoms with van der Waals surface area (Å²) in [6.07, 6.45) is 0.194. The van der Waals surface area contributed by atoms with E-state index in [4.69, 9.17) is 9.47 Å². The van der Waals surface area contributed by atoms with Crippen LogP contribution in [0.3, 0.4) is 0 Å². The molecule has 0 saturated carbocycles. The molecule has 0 heterocycles. The smallest absolute Gasteiger partial charge is 0.334 e. The number of benzene rings is 3. The molecule has 1 amide bonds. The van der Waals surface area contributed by atoms with Gasteiger partial charge in [-0.15, -0.1) is 0 Å². The zero-order valence-electron chi connectivity index (χ0n) is 16.5. The van der Waals surface area contributed by atoms with E-state index in [-0.39, 0.29) is 6.42 Å². The van der Waals surface area contributed by atoms with Crippen molar-refractivity contribution in [3.8, 4) is 17.2 Å². The fraction of sp³-hybridized carbons (Fsp3) is 0.167. The molecular formula is C24H22FNO4. The van der Waals surface area contributed by atoms with E-state index in [1.807, 2.05) is 61.5 Å². The fourth-order valence-corrected chi connectivity index (χ4v) is 2.78. The van der Waals surface area contributed by atoms with Crippen molar-refractivity contribution in [2.24, 2.45) is 0 Å². The van der Waals surface area contributed by atoms with Crippen molar-refractivity contribution in [1.29, 1.82) is 0 Å². The molecule has 0 aliphatic carbocycles. The Kier molecular flexibility index (Phi) is 7.16. The van der Waals surface area contributed by atoms with Crippen LogP contribution in [0.4, 0.5) is 4.39 Å². The zero-order valence-corrected chi connectivity index (χ0v) is 16.5. The predicted molar refractivity (Wildman–Crippen MR) is 111 cm³/mol. The molecule has 0 aromatic heterocycles. The summed E-state index contributed by atoms with van der Waals surface area (Å²) in [5.41, 5.74) is 1.95. The molecular weight excluding hydrogens is 385 g/mol. The molecule has 0 aliphatic heterocycles. The Balaban J connectivity index is 1.65. The Labute approximate surface area is 174 Å². The third-order valence-electron chi connectivity index (χ3n) is 4.32. The van der Waals surface area contributed by atoms with Gasteiger partial charge < -0.3 is 14.8 Å². The number of halogens is 1. The van der Waals surface area contributed by atoms with Gasteiger partial charge >= 0.3 is 5.97 Å². The molecule has 0 saturated heterocycles. The van der Waals surface area contributed by atoms with Gasteiger partial charge in [0.05, 0.1) is 0 Å². The molecule has 3 aromatic rings. The molecule has 3 aromatic carbocycles. The van der Waals surface area contributed by atoms with Crippen LogP contribution >= 0.6 is 0 Å². The van der Waals surface area contributed by atoms with Crippen LogP contribution < -0.4 is 14.8 Å². The molecule has 0 unspecified atom stereocenters. The Morgan fingerprint density at radius 3 is 2.03 bits per heavy atom. The first-order valence-electron chi connectivity index (χ1n) is 9.49. The monoisotopic (exact) mass is 407 g/mol. The van der Waals surface area contributed by atoms with Gasteiger partial charge in [-0.2, -0.15) is 0 Å². The van der Waals surface area contributed by atoms with Crippen LogP contribution in [0.5, 0.6) is 17.2 Å². The number of rotatable bonds is 8. The number of aryl methyl sites for hydroxylation is 1. The van der Waals surface area contributed by atoms with Gasteiger partial charge in [-0.3, -0.25) is 4.79 Å². The highest BCUT2D eigenvalue weighted by Crippen LogP contribution is 2.24. The van der Waals surface area contributed by atoms with Crippen molar-refractivity contribution >= 4 is 11.9 Å². The summed E-state index contributed by atoms with van der Waals surface area (Å²) in [5, 5.41) is 2.37. The zero-order chi connectivity index (χ0) is 21.3. The quantitative estimate of drug-likeness (QED) is 0.444. The number of carbonyl (C=O) groups is 2. The van der Waals surface area contributed by atoms with Crippen LogP contribution in [0.1, 0.15) is 11.1 Å². The third kappa shape index (κ3) is 6.17. The predicted octanol–water partition coefficient (Wildman–Crippen LogP) is 4.39. The number of amides is 1. The maximum absolute atomic E-state index is 12.6. The van der Waals surface area contributed by atoms with Gasteiger partial charge in [-0.1, -0.05) is 48.0 Å². The molecule has 1 N–H and O–H groups in total. The summed E-state index contributed by atoms with van der Waals surface area (Å²) in [4.78, 5) is 24.1. The highest BCUT2D eigenvalue weighted by atomic mass is 19.1. The van der Waals surface area contributed by atoms with Gasteiger partial charge in [0.15, 0.2) is 6.67 Å². The maximum atomic E-state index is 12.6. The largest absolute Gasteiger partial charge is 0.457 e. The highest BCUT2D eigenvalue weighted by molar-refractivity contribution is 5.86. The van der Waals surface area contributed by atoms with Crippen molar-refractivity contribution in [3.63, 3.8) is 0 Å². The van der Waals surface area contributed by atoms with E-state index in [0.717, 1.165) is 11.1 Å². The average Bonchev–Trinajstić information content (AvgIpc) is 2.77. The summed E-state index contributed by atoms with van der Waals surface area (Å²) in [5.74, 6) is 0.0406. The summed E-state index contributed by atoms with van der Waals surface area (Å²) < 4.78 is 23.8. The Morgan fingerprint density at radius 1 is 0.867 bits per heavy atom. The summed E-state index contributed by atoms with van der Waals surface area (Å²) >= 11 is 0. The molecule has 6 heteroatoms. The van der Waals surface area contributed by atoms with Crippen LogP contribution in [-0.2, 0) is 16.0 Å². The number of hydrogen-bond donors (Lipinski definition) is 1. The molecule has 0 bridgehead atoms. The summed E-state index contributed by atoms with van der Waals surface area (Å²) in [7, 11) is 0. The Bertz CT molecular complexity index is 972. The number of hydrogen-bond acceptors (Lipinski definition) is 4. The maximum Gasteiger partial charge on any atom is 0.334 e. The van der Waals surface area contributed by atoms with Gasteiger partial charge in [0, 0.05) is 6.42 Å². The van der Waals surface area contributed by atoms with E-state index >= 15 is 0 Å². The lowest BCUT2D eigenvalue weighted by Gasteiger charge is -2.17. The van der Waals surface area contributed by atoms with E-state index in [1.54, 1.807) is 24.3 Å². The average molecular weight is 407 g/mol. The molecule has 154 valence electrons. The lowest BCUT2D eigenvalue weighted by Crippen LogP contribution is -2.45. The minimum atomic E-state index is -1.20. The molecule has 0 spiro atoms. The second kappa shape index (κ2) is 10.2. The van der Waals surface area contributed by atoms with Crippen LogP contribution in [0.2, 0.25) is 0 Å². The molecule has 3 rings (SSSR count). The first-order chi connectivity index (χ1) is 14.5. The normalized spacial score (nSPS) is 11.4. The van der Waals surface area contributed by atoms with Crippen LogP contribution in [0.15, 0.2) is 78.9 Å². The number of carbonyl (C=O) groups excluding carboxylic acids is 2. The van der Waals surface area contributed by atoms with E-state index in [0.29, 0.717) is 17.2 Å². The number of esters is 1. The number of alkyl halides is 1. The minimum Gasteiger partial charge on any atom is -0.457 e.